The number of aryl methyl sites for hydroxylation is 2. The molecule has 1 heterocycles. The van der Waals surface area contributed by atoms with Gasteiger partial charge < -0.3 is 14.7 Å². The van der Waals surface area contributed by atoms with Crippen LogP contribution in [-0.4, -0.2) is 40.1 Å². The molecule has 1 aliphatic rings. The Hall–Kier alpha value is -3.42. The Morgan fingerprint density at radius 3 is 2.38 bits per heavy atom. The number of carboxylic acid groups (broad SMARTS) is 1. The number of nitro benzene ring substituents is 1. The summed E-state index contributed by atoms with van der Waals surface area (Å²) in [7, 11) is 0. The van der Waals surface area contributed by atoms with Gasteiger partial charge >= 0.3 is 12.1 Å². The van der Waals surface area contributed by atoms with Crippen LogP contribution in [0.2, 0.25) is 0 Å². The average molecular weight is 398 g/mol. The van der Waals surface area contributed by atoms with Crippen LogP contribution in [0.4, 0.5) is 10.5 Å². The van der Waals surface area contributed by atoms with Gasteiger partial charge in [0.15, 0.2) is 0 Å². The Morgan fingerprint density at radius 1 is 1.10 bits per heavy atom. The number of nitro groups is 1. The molecule has 152 valence electrons. The number of piperidine rings is 1. The fourth-order valence-corrected chi connectivity index (χ4v) is 3.49. The Labute approximate surface area is 167 Å². The first-order valence-corrected chi connectivity index (χ1v) is 9.25. The minimum atomic E-state index is -0.952. The zero-order chi connectivity index (χ0) is 21.1. The molecule has 3 rings (SSSR count). The minimum Gasteiger partial charge on any atom is -0.481 e. The summed E-state index contributed by atoms with van der Waals surface area (Å²) in [4.78, 5) is 35.9. The molecule has 0 radical (unpaired) electrons. The number of ether oxygens (including phenoxy) is 1. The molecule has 8 heteroatoms. The maximum Gasteiger partial charge on any atom is 0.415 e. The van der Waals surface area contributed by atoms with Gasteiger partial charge in [0, 0.05) is 31.1 Å². The molecular weight excluding hydrogens is 376 g/mol. The quantitative estimate of drug-likeness (QED) is 0.618. The molecule has 0 aromatic heterocycles. The number of hydrogen-bond donors (Lipinski definition) is 1. The van der Waals surface area contributed by atoms with Crippen molar-refractivity contribution in [3.63, 3.8) is 0 Å². The number of aliphatic carboxylic acids is 1. The number of benzene rings is 2. The highest BCUT2D eigenvalue weighted by Crippen LogP contribution is 2.32. The van der Waals surface area contributed by atoms with E-state index in [9.17, 15) is 24.8 Å². The molecular formula is C21H22N2O6. The Balaban J connectivity index is 1.77. The van der Waals surface area contributed by atoms with Gasteiger partial charge in [-0.1, -0.05) is 18.2 Å². The first-order chi connectivity index (χ1) is 13.7. The molecule has 1 fully saturated rings. The van der Waals surface area contributed by atoms with E-state index in [0.29, 0.717) is 13.0 Å². The van der Waals surface area contributed by atoms with Crippen LogP contribution in [0.25, 0.3) is 0 Å². The van der Waals surface area contributed by atoms with Crippen LogP contribution in [0.15, 0.2) is 42.5 Å². The summed E-state index contributed by atoms with van der Waals surface area (Å²) in [5.41, 5.74) is 3.14. The zero-order valence-corrected chi connectivity index (χ0v) is 16.2. The van der Waals surface area contributed by atoms with Gasteiger partial charge in [-0.25, -0.2) is 4.79 Å². The van der Waals surface area contributed by atoms with E-state index in [0.717, 1.165) is 16.7 Å². The van der Waals surface area contributed by atoms with Crippen LogP contribution in [0.1, 0.15) is 29.0 Å². The molecule has 0 bridgehead atoms. The number of non-ortho nitro benzene ring substituents is 1. The molecule has 1 N–H and O–H groups in total. The molecule has 0 saturated carbocycles. The van der Waals surface area contributed by atoms with Gasteiger partial charge in [-0.2, -0.15) is 0 Å². The molecule has 2 atom stereocenters. The van der Waals surface area contributed by atoms with Gasteiger partial charge in [0.2, 0.25) is 0 Å². The standard InChI is InChI=1S/C21H22N2O6/c1-13-3-4-15(9-14(13)2)16-10-17(20(24)25)12-22(11-16)21(26)29-19-7-5-18(6-8-19)23(27)28/h3-9,16-17H,10-12H2,1-2H3,(H,24,25). The second kappa shape index (κ2) is 8.30. The molecule has 1 saturated heterocycles. The lowest BCUT2D eigenvalue weighted by molar-refractivity contribution is -0.384. The van der Waals surface area contributed by atoms with E-state index < -0.39 is 22.9 Å². The summed E-state index contributed by atoms with van der Waals surface area (Å²) in [6.45, 7) is 4.41. The second-order valence-electron chi connectivity index (χ2n) is 7.34. The molecule has 2 aromatic carbocycles. The number of hydrogen-bond acceptors (Lipinski definition) is 5. The van der Waals surface area contributed by atoms with Crippen LogP contribution < -0.4 is 4.74 Å². The molecule has 0 aliphatic carbocycles. The molecule has 8 nitrogen and oxygen atoms in total. The lowest BCUT2D eigenvalue weighted by Gasteiger charge is -2.35. The third-order valence-corrected chi connectivity index (χ3v) is 5.31. The Morgan fingerprint density at radius 2 is 1.79 bits per heavy atom. The molecule has 2 unspecified atom stereocenters. The van der Waals surface area contributed by atoms with Crippen molar-refractivity contribution < 1.29 is 24.4 Å². The van der Waals surface area contributed by atoms with Crippen molar-refractivity contribution in [3.05, 3.63) is 69.3 Å². The van der Waals surface area contributed by atoms with Crippen molar-refractivity contribution in [2.75, 3.05) is 13.1 Å². The van der Waals surface area contributed by atoms with Gasteiger partial charge in [0.05, 0.1) is 10.8 Å². The zero-order valence-electron chi connectivity index (χ0n) is 16.2. The van der Waals surface area contributed by atoms with Crippen molar-refractivity contribution in [2.45, 2.75) is 26.2 Å². The third-order valence-electron chi connectivity index (χ3n) is 5.31. The van der Waals surface area contributed by atoms with Gasteiger partial charge in [-0.15, -0.1) is 0 Å². The summed E-state index contributed by atoms with van der Waals surface area (Å²) in [5.74, 6) is -1.60. The topological polar surface area (TPSA) is 110 Å². The molecule has 0 spiro atoms. The maximum atomic E-state index is 12.6. The molecule has 1 amide bonds. The van der Waals surface area contributed by atoms with Crippen LogP contribution in [0.3, 0.4) is 0 Å². The van der Waals surface area contributed by atoms with Crippen molar-refractivity contribution in [3.8, 4) is 5.75 Å². The first-order valence-electron chi connectivity index (χ1n) is 9.25. The fraction of sp³-hybridized carbons (Fsp3) is 0.333. The lowest BCUT2D eigenvalue weighted by atomic mass is 9.84. The number of carbonyl (C=O) groups is 2. The summed E-state index contributed by atoms with van der Waals surface area (Å²) < 4.78 is 5.32. The van der Waals surface area contributed by atoms with E-state index in [1.165, 1.54) is 29.2 Å². The normalized spacial score (nSPS) is 18.9. The van der Waals surface area contributed by atoms with E-state index >= 15 is 0 Å². The fourth-order valence-electron chi connectivity index (χ4n) is 3.49. The van der Waals surface area contributed by atoms with Gasteiger partial charge in [-0.3, -0.25) is 14.9 Å². The first kappa shape index (κ1) is 20.3. The van der Waals surface area contributed by atoms with Crippen molar-refractivity contribution in [1.82, 2.24) is 4.90 Å². The van der Waals surface area contributed by atoms with Crippen LogP contribution in [-0.2, 0) is 4.79 Å². The van der Waals surface area contributed by atoms with Crippen LogP contribution in [0.5, 0.6) is 5.75 Å². The highest BCUT2D eigenvalue weighted by molar-refractivity contribution is 5.75. The minimum absolute atomic E-state index is 0.0580. The number of carboxylic acids is 1. The van der Waals surface area contributed by atoms with E-state index in [1.807, 2.05) is 32.0 Å². The van der Waals surface area contributed by atoms with Crippen LogP contribution in [0, 0.1) is 29.9 Å². The highest BCUT2D eigenvalue weighted by Gasteiger charge is 2.35. The largest absolute Gasteiger partial charge is 0.481 e. The number of rotatable bonds is 4. The van der Waals surface area contributed by atoms with Gasteiger partial charge in [0.25, 0.3) is 5.69 Å². The predicted molar refractivity (Wildman–Crippen MR) is 105 cm³/mol. The van der Waals surface area contributed by atoms with Crippen molar-refractivity contribution >= 4 is 17.7 Å². The third kappa shape index (κ3) is 4.71. The van der Waals surface area contributed by atoms with E-state index in [1.54, 1.807) is 0 Å². The van der Waals surface area contributed by atoms with Crippen LogP contribution >= 0.6 is 0 Å². The number of likely N-dealkylation sites (tertiary alicyclic amines) is 1. The average Bonchev–Trinajstić information content (AvgIpc) is 2.70. The van der Waals surface area contributed by atoms with Crippen molar-refractivity contribution in [1.29, 1.82) is 0 Å². The van der Waals surface area contributed by atoms with E-state index in [-0.39, 0.29) is 23.9 Å². The summed E-state index contributed by atoms with van der Waals surface area (Å²) in [6, 6.07) is 11.2. The summed E-state index contributed by atoms with van der Waals surface area (Å²) in [5, 5.41) is 20.3. The molecule has 1 aliphatic heterocycles. The molecule has 2 aromatic rings. The Kier molecular flexibility index (Phi) is 5.81. The van der Waals surface area contributed by atoms with Gasteiger partial charge in [-0.05, 0) is 49.1 Å². The maximum absolute atomic E-state index is 12.6. The number of nitrogens with zero attached hydrogens (tertiary/aromatic N) is 2. The van der Waals surface area contributed by atoms with E-state index in [4.69, 9.17) is 4.74 Å². The summed E-state index contributed by atoms with van der Waals surface area (Å²) >= 11 is 0. The molecule has 29 heavy (non-hydrogen) atoms. The second-order valence-corrected chi connectivity index (χ2v) is 7.34. The SMILES string of the molecule is Cc1ccc(C2CC(C(=O)O)CN(C(=O)Oc3ccc([N+](=O)[O-])cc3)C2)cc1C. The summed E-state index contributed by atoms with van der Waals surface area (Å²) in [6.07, 6.45) is -0.224. The predicted octanol–water partition coefficient (Wildman–Crippen LogP) is 3.90. The lowest BCUT2D eigenvalue weighted by Crippen LogP contribution is -2.46. The van der Waals surface area contributed by atoms with E-state index in [2.05, 4.69) is 0 Å². The number of carbonyl (C=O) groups excluding carboxylic acids is 1. The number of amides is 1. The monoisotopic (exact) mass is 398 g/mol. The van der Waals surface area contributed by atoms with Crippen molar-refractivity contribution in [2.24, 2.45) is 5.92 Å². The Bertz CT molecular complexity index is 941. The smallest absolute Gasteiger partial charge is 0.415 e. The van der Waals surface area contributed by atoms with Gasteiger partial charge in [0.1, 0.15) is 5.75 Å². The highest BCUT2D eigenvalue weighted by atomic mass is 16.6.